The molecule has 1 aliphatic heterocycles. The smallest absolute Gasteiger partial charge is 0.225 e. The standard InChI is InChI=1S/C21H36N6O2/c1-16(2)19-14-18(29-25-19)15-24-21(22-3)23-8-9-26-10-12-27(13-11-26)20(28)17-6-4-5-7-17/h14,16-17H,4-13,15H2,1-3H3,(H2,22,23,24). The average molecular weight is 405 g/mol. The Balaban J connectivity index is 1.32. The number of aromatic nitrogens is 1. The second-order valence-corrected chi connectivity index (χ2v) is 8.37. The van der Waals surface area contributed by atoms with E-state index in [2.05, 4.69) is 44.4 Å². The molecule has 0 bridgehead atoms. The van der Waals surface area contributed by atoms with Crippen LogP contribution < -0.4 is 10.6 Å². The minimum absolute atomic E-state index is 0.290. The van der Waals surface area contributed by atoms with Crippen LogP contribution in [0.5, 0.6) is 0 Å². The van der Waals surface area contributed by atoms with Crippen LogP contribution in [-0.2, 0) is 11.3 Å². The van der Waals surface area contributed by atoms with Gasteiger partial charge >= 0.3 is 0 Å². The molecule has 2 N–H and O–H groups in total. The van der Waals surface area contributed by atoms with E-state index in [4.69, 9.17) is 4.52 Å². The van der Waals surface area contributed by atoms with Crippen molar-refractivity contribution in [1.82, 2.24) is 25.6 Å². The Kier molecular flexibility index (Phi) is 7.91. The predicted molar refractivity (Wildman–Crippen MR) is 114 cm³/mol. The van der Waals surface area contributed by atoms with Crippen molar-refractivity contribution >= 4 is 11.9 Å². The summed E-state index contributed by atoms with van der Waals surface area (Å²) in [5, 5.41) is 10.7. The zero-order valence-corrected chi connectivity index (χ0v) is 18.1. The summed E-state index contributed by atoms with van der Waals surface area (Å²) in [5.74, 6) is 2.60. The van der Waals surface area contributed by atoms with Gasteiger partial charge in [0.25, 0.3) is 0 Å². The van der Waals surface area contributed by atoms with Crippen LogP contribution in [0.3, 0.4) is 0 Å². The normalized spacial score (nSPS) is 19.2. The minimum Gasteiger partial charge on any atom is -0.359 e. The number of aliphatic imine (C=N–C) groups is 1. The summed E-state index contributed by atoms with van der Waals surface area (Å²) in [4.78, 5) is 21.3. The van der Waals surface area contributed by atoms with E-state index >= 15 is 0 Å². The molecule has 29 heavy (non-hydrogen) atoms. The fourth-order valence-corrected chi connectivity index (χ4v) is 4.03. The Hall–Kier alpha value is -2.09. The summed E-state index contributed by atoms with van der Waals surface area (Å²) in [6, 6.07) is 1.98. The van der Waals surface area contributed by atoms with Crippen molar-refractivity contribution in [2.75, 3.05) is 46.3 Å². The van der Waals surface area contributed by atoms with Gasteiger partial charge in [0, 0.05) is 58.3 Å². The molecule has 2 fully saturated rings. The maximum absolute atomic E-state index is 12.5. The number of carbonyl (C=O) groups is 1. The Morgan fingerprint density at radius 2 is 1.97 bits per heavy atom. The van der Waals surface area contributed by atoms with Gasteiger partial charge in [-0.15, -0.1) is 0 Å². The van der Waals surface area contributed by atoms with Crippen LogP contribution in [-0.4, -0.2) is 73.1 Å². The number of rotatable bonds is 7. The Morgan fingerprint density at radius 3 is 2.59 bits per heavy atom. The summed E-state index contributed by atoms with van der Waals surface area (Å²) in [5.41, 5.74) is 0.968. The zero-order chi connectivity index (χ0) is 20.6. The molecule has 0 unspecified atom stereocenters. The van der Waals surface area contributed by atoms with Crippen molar-refractivity contribution in [3.8, 4) is 0 Å². The molecule has 1 saturated carbocycles. The van der Waals surface area contributed by atoms with Gasteiger partial charge in [-0.1, -0.05) is 31.8 Å². The predicted octanol–water partition coefficient (Wildman–Crippen LogP) is 1.80. The lowest BCUT2D eigenvalue weighted by atomic mass is 10.1. The highest BCUT2D eigenvalue weighted by Crippen LogP contribution is 2.26. The third-order valence-electron chi connectivity index (χ3n) is 5.93. The molecule has 0 atom stereocenters. The lowest BCUT2D eigenvalue weighted by Crippen LogP contribution is -2.51. The molecule has 1 aliphatic carbocycles. The van der Waals surface area contributed by atoms with Gasteiger partial charge in [-0.2, -0.15) is 0 Å². The number of hydrogen-bond donors (Lipinski definition) is 2. The van der Waals surface area contributed by atoms with E-state index in [1.54, 1.807) is 7.05 Å². The molecule has 1 aromatic heterocycles. The van der Waals surface area contributed by atoms with E-state index < -0.39 is 0 Å². The van der Waals surface area contributed by atoms with E-state index in [1.165, 1.54) is 12.8 Å². The van der Waals surface area contributed by atoms with Gasteiger partial charge in [-0.25, -0.2) is 0 Å². The van der Waals surface area contributed by atoms with Gasteiger partial charge in [-0.05, 0) is 18.8 Å². The molecule has 0 aromatic carbocycles. The monoisotopic (exact) mass is 404 g/mol. The van der Waals surface area contributed by atoms with Gasteiger partial charge in [0.05, 0.1) is 12.2 Å². The van der Waals surface area contributed by atoms with Gasteiger partial charge in [0.15, 0.2) is 11.7 Å². The number of carbonyl (C=O) groups excluding carboxylic acids is 1. The van der Waals surface area contributed by atoms with E-state index in [0.717, 1.165) is 69.5 Å². The van der Waals surface area contributed by atoms with E-state index in [9.17, 15) is 4.79 Å². The Bertz CT molecular complexity index is 672. The maximum Gasteiger partial charge on any atom is 0.225 e. The first-order valence-corrected chi connectivity index (χ1v) is 11.0. The Labute approximate surface area is 174 Å². The summed E-state index contributed by atoms with van der Waals surface area (Å²) in [6.45, 7) is 10.1. The summed E-state index contributed by atoms with van der Waals surface area (Å²) < 4.78 is 5.35. The molecule has 1 amide bonds. The third kappa shape index (κ3) is 6.19. The largest absolute Gasteiger partial charge is 0.359 e. The maximum atomic E-state index is 12.5. The number of guanidine groups is 1. The lowest BCUT2D eigenvalue weighted by Gasteiger charge is -2.36. The highest BCUT2D eigenvalue weighted by Gasteiger charge is 2.29. The minimum atomic E-state index is 0.290. The molecule has 162 valence electrons. The third-order valence-corrected chi connectivity index (χ3v) is 5.93. The van der Waals surface area contributed by atoms with Gasteiger partial charge in [0.1, 0.15) is 0 Å². The van der Waals surface area contributed by atoms with Crippen molar-refractivity contribution in [3.63, 3.8) is 0 Å². The van der Waals surface area contributed by atoms with Crippen molar-refractivity contribution < 1.29 is 9.32 Å². The molecular formula is C21H36N6O2. The second kappa shape index (κ2) is 10.6. The molecule has 0 radical (unpaired) electrons. The topological polar surface area (TPSA) is 86.0 Å². The van der Waals surface area contributed by atoms with E-state index in [-0.39, 0.29) is 0 Å². The average Bonchev–Trinajstić information content (AvgIpc) is 3.43. The number of piperazine rings is 1. The van der Waals surface area contributed by atoms with Gasteiger partial charge in [-0.3, -0.25) is 14.7 Å². The fraction of sp³-hybridized carbons (Fsp3) is 0.762. The van der Waals surface area contributed by atoms with Gasteiger partial charge in [0.2, 0.25) is 5.91 Å². The highest BCUT2D eigenvalue weighted by molar-refractivity contribution is 5.79. The molecule has 8 nitrogen and oxygen atoms in total. The zero-order valence-electron chi connectivity index (χ0n) is 18.1. The molecule has 1 aromatic rings. The molecule has 1 saturated heterocycles. The molecule has 8 heteroatoms. The number of nitrogens with one attached hydrogen (secondary N) is 2. The molecular weight excluding hydrogens is 368 g/mol. The SMILES string of the molecule is CN=C(NCCN1CCN(C(=O)C2CCCC2)CC1)NCc1cc(C(C)C)no1. The molecule has 3 rings (SSSR count). The summed E-state index contributed by atoms with van der Waals surface area (Å²) in [6.07, 6.45) is 4.60. The van der Waals surface area contributed by atoms with Crippen LogP contribution in [0.2, 0.25) is 0 Å². The van der Waals surface area contributed by atoms with Crippen LogP contribution in [0.15, 0.2) is 15.6 Å². The quantitative estimate of drug-likeness (QED) is 0.532. The number of amides is 1. The fourth-order valence-electron chi connectivity index (χ4n) is 4.03. The second-order valence-electron chi connectivity index (χ2n) is 8.37. The van der Waals surface area contributed by atoms with Crippen molar-refractivity contribution in [3.05, 3.63) is 17.5 Å². The number of nitrogens with zero attached hydrogens (tertiary/aromatic N) is 4. The summed E-state index contributed by atoms with van der Waals surface area (Å²) >= 11 is 0. The molecule has 2 heterocycles. The van der Waals surface area contributed by atoms with Crippen LogP contribution in [0.25, 0.3) is 0 Å². The van der Waals surface area contributed by atoms with Gasteiger partial charge < -0.3 is 20.1 Å². The first-order chi connectivity index (χ1) is 14.1. The highest BCUT2D eigenvalue weighted by atomic mass is 16.5. The first kappa shape index (κ1) is 21.6. The van der Waals surface area contributed by atoms with Crippen LogP contribution in [0.4, 0.5) is 0 Å². The van der Waals surface area contributed by atoms with E-state index in [0.29, 0.717) is 24.3 Å². The molecule has 0 spiro atoms. The summed E-state index contributed by atoms with van der Waals surface area (Å²) in [7, 11) is 1.77. The van der Waals surface area contributed by atoms with Crippen LogP contribution in [0.1, 0.15) is 56.9 Å². The van der Waals surface area contributed by atoms with Crippen molar-refractivity contribution in [2.24, 2.45) is 10.9 Å². The van der Waals surface area contributed by atoms with Crippen LogP contribution >= 0.6 is 0 Å². The first-order valence-electron chi connectivity index (χ1n) is 11.0. The van der Waals surface area contributed by atoms with E-state index in [1.807, 2.05) is 6.07 Å². The molecule has 2 aliphatic rings. The van der Waals surface area contributed by atoms with Crippen molar-refractivity contribution in [1.29, 1.82) is 0 Å². The number of hydrogen-bond acceptors (Lipinski definition) is 5. The Morgan fingerprint density at radius 1 is 1.24 bits per heavy atom. The lowest BCUT2D eigenvalue weighted by molar-refractivity contribution is -0.137. The van der Waals surface area contributed by atoms with Crippen LogP contribution in [0, 0.1) is 5.92 Å². The van der Waals surface area contributed by atoms with Crippen molar-refractivity contribution in [2.45, 2.75) is 52.0 Å².